The standard InChI is InChI=1S/C14H20O6/c1-5-18-10-7-9(20-14(16)17)12(15)11(8(3)4)13(10)19-6-2/h7-8,15H,5-6H2,1-4H3,(H,16,17). The Bertz CT molecular complexity index is 481. The van der Waals surface area contributed by atoms with E-state index in [0.29, 0.717) is 30.3 Å². The molecule has 0 unspecified atom stereocenters. The fourth-order valence-corrected chi connectivity index (χ4v) is 1.89. The molecule has 0 heterocycles. The summed E-state index contributed by atoms with van der Waals surface area (Å²) in [5, 5.41) is 18.9. The topological polar surface area (TPSA) is 85.2 Å². The Morgan fingerprint density at radius 1 is 1.20 bits per heavy atom. The number of aromatic hydroxyl groups is 1. The quantitative estimate of drug-likeness (QED) is 0.615. The van der Waals surface area contributed by atoms with Crippen molar-refractivity contribution in [3.05, 3.63) is 11.6 Å². The average molecular weight is 284 g/mol. The molecule has 0 saturated carbocycles. The van der Waals surface area contributed by atoms with Crippen molar-refractivity contribution in [1.82, 2.24) is 0 Å². The molecule has 0 aliphatic carbocycles. The maximum Gasteiger partial charge on any atom is 0.511 e. The Kier molecular flexibility index (Phi) is 5.49. The van der Waals surface area contributed by atoms with E-state index in [0.717, 1.165) is 0 Å². The second-order valence-corrected chi connectivity index (χ2v) is 4.35. The lowest BCUT2D eigenvalue weighted by molar-refractivity contribution is 0.142. The Hall–Kier alpha value is -2.11. The third-order valence-corrected chi connectivity index (χ3v) is 2.58. The van der Waals surface area contributed by atoms with Crippen LogP contribution >= 0.6 is 0 Å². The van der Waals surface area contributed by atoms with Gasteiger partial charge < -0.3 is 24.4 Å². The van der Waals surface area contributed by atoms with Gasteiger partial charge in [-0.1, -0.05) is 13.8 Å². The number of hydrogen-bond acceptors (Lipinski definition) is 5. The molecule has 0 aliphatic rings. The second kappa shape index (κ2) is 6.88. The predicted molar refractivity (Wildman–Crippen MR) is 73.2 cm³/mol. The van der Waals surface area contributed by atoms with Crippen LogP contribution in [-0.2, 0) is 0 Å². The monoisotopic (exact) mass is 284 g/mol. The molecule has 2 N–H and O–H groups in total. The number of carbonyl (C=O) groups is 1. The van der Waals surface area contributed by atoms with Crippen molar-refractivity contribution in [3.63, 3.8) is 0 Å². The molecule has 20 heavy (non-hydrogen) atoms. The highest BCUT2D eigenvalue weighted by molar-refractivity contribution is 5.68. The molecule has 0 spiro atoms. The molecular formula is C14H20O6. The van der Waals surface area contributed by atoms with Gasteiger partial charge in [-0.25, -0.2) is 4.79 Å². The number of benzene rings is 1. The van der Waals surface area contributed by atoms with Gasteiger partial charge in [0.1, 0.15) is 0 Å². The van der Waals surface area contributed by atoms with Gasteiger partial charge in [0.05, 0.1) is 13.2 Å². The highest BCUT2D eigenvalue weighted by Gasteiger charge is 2.24. The van der Waals surface area contributed by atoms with Crippen LogP contribution in [0.5, 0.6) is 23.0 Å². The van der Waals surface area contributed by atoms with Crippen LogP contribution in [0.2, 0.25) is 0 Å². The van der Waals surface area contributed by atoms with Crippen molar-refractivity contribution in [1.29, 1.82) is 0 Å². The van der Waals surface area contributed by atoms with Crippen LogP contribution in [0.25, 0.3) is 0 Å². The van der Waals surface area contributed by atoms with Gasteiger partial charge >= 0.3 is 6.16 Å². The molecule has 1 aromatic carbocycles. The van der Waals surface area contributed by atoms with Crippen LogP contribution in [0.1, 0.15) is 39.2 Å². The lowest BCUT2D eigenvalue weighted by atomic mass is 9.99. The van der Waals surface area contributed by atoms with Gasteiger partial charge in [-0.05, 0) is 19.8 Å². The lowest BCUT2D eigenvalue weighted by Crippen LogP contribution is -2.08. The molecule has 112 valence electrons. The molecule has 6 heteroatoms. The minimum absolute atomic E-state index is 0.0897. The number of hydrogen-bond donors (Lipinski definition) is 2. The van der Waals surface area contributed by atoms with Crippen LogP contribution in [0.15, 0.2) is 6.07 Å². The number of rotatable bonds is 6. The zero-order valence-corrected chi connectivity index (χ0v) is 12.1. The maximum absolute atomic E-state index is 10.7. The molecule has 0 amide bonds. The normalized spacial score (nSPS) is 10.4. The largest absolute Gasteiger partial charge is 0.511 e. The second-order valence-electron chi connectivity index (χ2n) is 4.35. The maximum atomic E-state index is 10.7. The minimum atomic E-state index is -1.50. The van der Waals surface area contributed by atoms with E-state index < -0.39 is 6.16 Å². The molecule has 0 fully saturated rings. The molecule has 1 rings (SSSR count). The van der Waals surface area contributed by atoms with Crippen LogP contribution < -0.4 is 14.2 Å². The first-order valence-corrected chi connectivity index (χ1v) is 6.48. The summed E-state index contributed by atoms with van der Waals surface area (Å²) in [5.74, 6) is 0.280. The predicted octanol–water partition coefficient (Wildman–Crippen LogP) is 3.37. The van der Waals surface area contributed by atoms with Crippen LogP contribution in [0.4, 0.5) is 4.79 Å². The van der Waals surface area contributed by atoms with Gasteiger partial charge in [-0.3, -0.25) is 0 Å². The van der Waals surface area contributed by atoms with Gasteiger partial charge in [0.15, 0.2) is 23.0 Å². The average Bonchev–Trinajstić information content (AvgIpc) is 2.34. The van der Waals surface area contributed by atoms with Crippen molar-refractivity contribution in [2.75, 3.05) is 13.2 Å². The van der Waals surface area contributed by atoms with Crippen LogP contribution in [0, 0.1) is 0 Å². The Balaban J connectivity index is 3.48. The summed E-state index contributed by atoms with van der Waals surface area (Å²) in [4.78, 5) is 10.7. The number of phenolic OH excluding ortho intramolecular Hbond substituents is 1. The van der Waals surface area contributed by atoms with E-state index in [2.05, 4.69) is 4.74 Å². The Morgan fingerprint density at radius 2 is 1.80 bits per heavy atom. The third kappa shape index (κ3) is 3.46. The molecular weight excluding hydrogens is 264 g/mol. The van der Waals surface area contributed by atoms with Gasteiger partial charge in [0.2, 0.25) is 0 Å². The molecule has 0 aliphatic heterocycles. The summed E-state index contributed by atoms with van der Waals surface area (Å²) >= 11 is 0. The van der Waals surface area contributed by atoms with Crippen molar-refractivity contribution in [2.45, 2.75) is 33.6 Å². The summed E-state index contributed by atoms with van der Waals surface area (Å²) in [7, 11) is 0. The minimum Gasteiger partial charge on any atom is -0.504 e. The third-order valence-electron chi connectivity index (χ3n) is 2.58. The summed E-state index contributed by atoms with van der Waals surface area (Å²) < 4.78 is 15.6. The first-order chi connectivity index (χ1) is 9.42. The molecule has 0 radical (unpaired) electrons. The SMILES string of the molecule is CCOc1cc(OC(=O)O)c(O)c(C(C)C)c1OCC. The van der Waals surface area contributed by atoms with E-state index >= 15 is 0 Å². The first-order valence-electron chi connectivity index (χ1n) is 6.48. The lowest BCUT2D eigenvalue weighted by Gasteiger charge is -2.20. The van der Waals surface area contributed by atoms with Crippen molar-refractivity contribution < 1.29 is 29.2 Å². The Morgan fingerprint density at radius 3 is 2.25 bits per heavy atom. The van der Waals surface area contributed by atoms with E-state index in [1.165, 1.54) is 6.07 Å². The van der Waals surface area contributed by atoms with Crippen LogP contribution in [-0.4, -0.2) is 29.6 Å². The summed E-state index contributed by atoms with van der Waals surface area (Å²) in [6.45, 7) is 8.12. The molecule has 0 atom stereocenters. The van der Waals surface area contributed by atoms with E-state index in [-0.39, 0.29) is 17.4 Å². The molecule has 0 aromatic heterocycles. The highest BCUT2D eigenvalue weighted by atomic mass is 16.7. The fourth-order valence-electron chi connectivity index (χ4n) is 1.89. The zero-order valence-electron chi connectivity index (χ0n) is 12.1. The summed E-state index contributed by atoms with van der Waals surface area (Å²) in [5.41, 5.74) is 0.467. The summed E-state index contributed by atoms with van der Waals surface area (Å²) in [6.07, 6.45) is -1.50. The van der Waals surface area contributed by atoms with Gasteiger partial charge in [-0.2, -0.15) is 0 Å². The van der Waals surface area contributed by atoms with E-state index in [9.17, 15) is 9.90 Å². The fraction of sp³-hybridized carbons (Fsp3) is 0.500. The van der Waals surface area contributed by atoms with E-state index in [1.54, 1.807) is 6.92 Å². The molecule has 6 nitrogen and oxygen atoms in total. The molecule has 1 aromatic rings. The Labute approximate surface area is 117 Å². The number of ether oxygens (including phenoxy) is 3. The zero-order chi connectivity index (χ0) is 15.3. The van der Waals surface area contributed by atoms with Crippen molar-refractivity contribution in [2.24, 2.45) is 0 Å². The van der Waals surface area contributed by atoms with E-state index in [4.69, 9.17) is 14.6 Å². The number of carboxylic acid groups (broad SMARTS) is 1. The highest BCUT2D eigenvalue weighted by Crippen LogP contribution is 2.47. The van der Waals surface area contributed by atoms with Gasteiger partial charge in [-0.15, -0.1) is 0 Å². The molecule has 0 saturated heterocycles. The van der Waals surface area contributed by atoms with Crippen molar-refractivity contribution >= 4 is 6.16 Å². The summed E-state index contributed by atoms with van der Waals surface area (Å²) in [6, 6.07) is 1.32. The van der Waals surface area contributed by atoms with Crippen molar-refractivity contribution in [3.8, 4) is 23.0 Å². The van der Waals surface area contributed by atoms with E-state index in [1.807, 2.05) is 20.8 Å². The molecule has 0 bridgehead atoms. The first kappa shape index (κ1) is 15.9. The smallest absolute Gasteiger partial charge is 0.504 e. The number of phenols is 1. The van der Waals surface area contributed by atoms with Gasteiger partial charge in [0.25, 0.3) is 0 Å². The van der Waals surface area contributed by atoms with Crippen LogP contribution in [0.3, 0.4) is 0 Å². The van der Waals surface area contributed by atoms with Gasteiger partial charge in [0, 0.05) is 11.6 Å².